The first-order valence-electron chi connectivity index (χ1n) is 3.00. The van der Waals surface area contributed by atoms with Crippen molar-refractivity contribution in [2.75, 3.05) is 0 Å². The van der Waals surface area contributed by atoms with Crippen LogP contribution in [-0.2, 0) is 0 Å². The van der Waals surface area contributed by atoms with Crippen molar-refractivity contribution in [2.24, 2.45) is 4.99 Å². The van der Waals surface area contributed by atoms with Gasteiger partial charge in [-0.2, -0.15) is 0 Å². The van der Waals surface area contributed by atoms with Crippen LogP contribution in [0.15, 0.2) is 17.6 Å². The van der Waals surface area contributed by atoms with Crippen molar-refractivity contribution in [2.45, 2.75) is 17.3 Å². The lowest BCUT2D eigenvalue weighted by molar-refractivity contribution is 1.15. The summed E-state index contributed by atoms with van der Waals surface area (Å²) in [5, 5.41) is 6.72. The molecule has 10 heavy (non-hydrogen) atoms. The standard InChI is InChI=1S/C7H11IN2/c1-3-4-7(8)6(2)10-5-9/h3,5,7,9H,1,4H2,2H3/t7-/m1/s1. The van der Waals surface area contributed by atoms with Gasteiger partial charge in [-0.1, -0.05) is 28.7 Å². The minimum atomic E-state index is 0.386. The van der Waals surface area contributed by atoms with E-state index in [4.69, 9.17) is 5.41 Å². The molecule has 0 aliphatic rings. The summed E-state index contributed by atoms with van der Waals surface area (Å²) in [7, 11) is 0. The van der Waals surface area contributed by atoms with Gasteiger partial charge in [0, 0.05) is 5.71 Å². The zero-order valence-corrected chi connectivity index (χ0v) is 8.13. The molecule has 1 N–H and O–H groups in total. The lowest BCUT2D eigenvalue weighted by atomic mass is 10.2. The monoisotopic (exact) mass is 250 g/mol. The van der Waals surface area contributed by atoms with Crippen LogP contribution in [0.25, 0.3) is 0 Å². The molecule has 3 heteroatoms. The number of allylic oxidation sites excluding steroid dienone is 1. The average Bonchev–Trinajstić information content (AvgIpc) is 1.89. The van der Waals surface area contributed by atoms with E-state index < -0.39 is 0 Å². The van der Waals surface area contributed by atoms with Crippen LogP contribution < -0.4 is 0 Å². The molecule has 0 aliphatic heterocycles. The molecule has 0 heterocycles. The van der Waals surface area contributed by atoms with Gasteiger partial charge in [0.15, 0.2) is 0 Å². The summed E-state index contributed by atoms with van der Waals surface area (Å²) >= 11 is 2.29. The van der Waals surface area contributed by atoms with Crippen molar-refractivity contribution >= 4 is 34.6 Å². The molecule has 0 radical (unpaired) electrons. The third-order valence-corrected chi connectivity index (χ3v) is 2.50. The normalized spacial score (nSPS) is 14.4. The highest BCUT2D eigenvalue weighted by molar-refractivity contribution is 14.1. The van der Waals surface area contributed by atoms with Crippen LogP contribution in [0.5, 0.6) is 0 Å². The van der Waals surface area contributed by atoms with Gasteiger partial charge in [-0.25, -0.2) is 4.99 Å². The molecule has 0 aliphatic carbocycles. The van der Waals surface area contributed by atoms with Crippen molar-refractivity contribution in [3.8, 4) is 0 Å². The van der Waals surface area contributed by atoms with Crippen LogP contribution in [0.4, 0.5) is 0 Å². The molecule has 0 fully saturated rings. The van der Waals surface area contributed by atoms with Gasteiger partial charge in [0.1, 0.15) is 6.34 Å². The molecule has 0 rings (SSSR count). The third-order valence-electron chi connectivity index (χ3n) is 1.10. The summed E-state index contributed by atoms with van der Waals surface area (Å²) in [4.78, 5) is 3.85. The molecule has 0 aromatic rings. The van der Waals surface area contributed by atoms with Crippen LogP contribution >= 0.6 is 22.6 Å². The van der Waals surface area contributed by atoms with E-state index in [1.165, 1.54) is 0 Å². The van der Waals surface area contributed by atoms with Gasteiger partial charge >= 0.3 is 0 Å². The van der Waals surface area contributed by atoms with E-state index in [1.54, 1.807) is 0 Å². The van der Waals surface area contributed by atoms with E-state index in [9.17, 15) is 0 Å². The van der Waals surface area contributed by atoms with Crippen molar-refractivity contribution in [3.63, 3.8) is 0 Å². The number of rotatable bonds is 4. The van der Waals surface area contributed by atoms with Crippen molar-refractivity contribution in [1.29, 1.82) is 5.41 Å². The molecular formula is C7H11IN2. The van der Waals surface area contributed by atoms with Gasteiger partial charge in [-0.05, 0) is 13.3 Å². The maximum Gasteiger partial charge on any atom is 0.106 e. The number of halogens is 1. The molecule has 1 atom stereocenters. The Labute approximate surface area is 75.1 Å². The van der Waals surface area contributed by atoms with Crippen LogP contribution in [0.1, 0.15) is 13.3 Å². The van der Waals surface area contributed by atoms with Crippen LogP contribution in [0, 0.1) is 5.41 Å². The number of alkyl halides is 1. The summed E-state index contributed by atoms with van der Waals surface area (Å²) in [6.07, 6.45) is 3.86. The van der Waals surface area contributed by atoms with Crippen molar-refractivity contribution in [1.82, 2.24) is 0 Å². The van der Waals surface area contributed by atoms with E-state index in [0.717, 1.165) is 18.5 Å². The number of hydrogen-bond donors (Lipinski definition) is 1. The molecule has 2 nitrogen and oxygen atoms in total. The molecule has 0 saturated carbocycles. The lowest BCUT2D eigenvalue weighted by Crippen LogP contribution is -2.08. The topological polar surface area (TPSA) is 36.2 Å². The highest BCUT2D eigenvalue weighted by Gasteiger charge is 2.03. The third kappa shape index (κ3) is 3.76. The highest BCUT2D eigenvalue weighted by Crippen LogP contribution is 2.08. The summed E-state index contributed by atoms with van der Waals surface area (Å²) < 4.78 is 0.386. The van der Waals surface area contributed by atoms with Gasteiger partial charge in [0.2, 0.25) is 0 Å². The Morgan fingerprint density at radius 3 is 2.90 bits per heavy atom. The molecule has 0 unspecified atom stereocenters. The fourth-order valence-electron chi connectivity index (χ4n) is 0.500. The van der Waals surface area contributed by atoms with Crippen LogP contribution in [0.2, 0.25) is 0 Å². The van der Waals surface area contributed by atoms with Gasteiger partial charge in [0.05, 0.1) is 3.92 Å². The van der Waals surface area contributed by atoms with E-state index in [1.807, 2.05) is 13.0 Å². The van der Waals surface area contributed by atoms with Crippen molar-refractivity contribution < 1.29 is 0 Å². The minimum absolute atomic E-state index is 0.386. The molecular weight excluding hydrogens is 239 g/mol. The first-order valence-corrected chi connectivity index (χ1v) is 4.25. The van der Waals surface area contributed by atoms with Gasteiger partial charge in [-0.3, -0.25) is 5.41 Å². The quantitative estimate of drug-likeness (QED) is 0.261. The smallest absolute Gasteiger partial charge is 0.106 e. The van der Waals surface area contributed by atoms with Gasteiger partial charge in [0.25, 0.3) is 0 Å². The first-order chi connectivity index (χ1) is 4.72. The largest absolute Gasteiger partial charge is 0.290 e. The summed E-state index contributed by atoms with van der Waals surface area (Å²) in [5.74, 6) is 0. The Hall–Kier alpha value is -0.190. The molecule has 0 aromatic carbocycles. The Morgan fingerprint density at radius 1 is 1.90 bits per heavy atom. The van der Waals surface area contributed by atoms with Gasteiger partial charge < -0.3 is 0 Å². The zero-order valence-electron chi connectivity index (χ0n) is 5.97. The average molecular weight is 250 g/mol. The van der Waals surface area contributed by atoms with Crippen molar-refractivity contribution in [3.05, 3.63) is 12.7 Å². The summed E-state index contributed by atoms with van der Waals surface area (Å²) in [6, 6.07) is 0. The van der Waals surface area contributed by atoms with Crippen LogP contribution in [0.3, 0.4) is 0 Å². The maximum atomic E-state index is 6.72. The number of hydrogen-bond acceptors (Lipinski definition) is 1. The Balaban J connectivity index is 3.91. The predicted molar refractivity (Wildman–Crippen MR) is 54.5 cm³/mol. The second-order valence-corrected chi connectivity index (χ2v) is 3.40. The van der Waals surface area contributed by atoms with Gasteiger partial charge in [-0.15, -0.1) is 6.58 Å². The predicted octanol–water partition coefficient (Wildman–Crippen LogP) is 2.43. The van der Waals surface area contributed by atoms with E-state index in [2.05, 4.69) is 34.2 Å². The molecule has 0 saturated heterocycles. The molecule has 0 spiro atoms. The lowest BCUT2D eigenvalue weighted by Gasteiger charge is -2.03. The molecule has 0 amide bonds. The second kappa shape index (κ2) is 5.58. The van der Waals surface area contributed by atoms with E-state index in [-0.39, 0.29) is 0 Å². The maximum absolute atomic E-state index is 6.72. The Morgan fingerprint density at radius 2 is 2.50 bits per heavy atom. The second-order valence-electron chi connectivity index (χ2n) is 1.89. The number of aliphatic imine (C=N–C) groups is 1. The fourth-order valence-corrected chi connectivity index (χ4v) is 1.02. The number of nitrogens with zero attached hydrogens (tertiary/aromatic N) is 1. The van der Waals surface area contributed by atoms with E-state index in [0.29, 0.717) is 3.92 Å². The fraction of sp³-hybridized carbons (Fsp3) is 0.429. The molecule has 0 bridgehead atoms. The summed E-state index contributed by atoms with van der Waals surface area (Å²) in [6.45, 7) is 5.55. The minimum Gasteiger partial charge on any atom is -0.290 e. The highest BCUT2D eigenvalue weighted by atomic mass is 127. The summed E-state index contributed by atoms with van der Waals surface area (Å²) in [5.41, 5.74) is 0.982. The van der Waals surface area contributed by atoms with E-state index >= 15 is 0 Å². The number of nitrogens with one attached hydrogen (secondary N) is 1. The molecule has 0 aromatic heterocycles. The SMILES string of the molecule is C=CC[C@@H](I)C(C)=NC=N. The Kier molecular flexibility index (Phi) is 5.48. The Bertz CT molecular complexity index is 152. The van der Waals surface area contributed by atoms with Crippen LogP contribution in [-0.4, -0.2) is 16.0 Å². The first kappa shape index (κ1) is 9.81. The zero-order chi connectivity index (χ0) is 7.98. The molecule has 56 valence electrons.